The van der Waals surface area contributed by atoms with Crippen molar-refractivity contribution in [2.75, 3.05) is 6.61 Å². The van der Waals surface area contributed by atoms with Gasteiger partial charge >= 0.3 is 5.97 Å². The number of carbonyl (C=O) groups excluding carboxylic acids is 1. The third kappa shape index (κ3) is 2.25. The van der Waals surface area contributed by atoms with Crippen LogP contribution in [0.15, 0.2) is 30.7 Å². The fraction of sp³-hybridized carbons (Fsp3) is 0.308. The number of nitrogens with zero attached hydrogens (tertiary/aromatic N) is 3. The fourth-order valence-electron chi connectivity index (χ4n) is 1.80. The Morgan fingerprint density at radius 3 is 2.67 bits per heavy atom. The van der Waals surface area contributed by atoms with E-state index in [1.807, 2.05) is 19.1 Å². The van der Waals surface area contributed by atoms with Gasteiger partial charge in [-0.1, -0.05) is 6.92 Å². The predicted octanol–water partition coefficient (Wildman–Crippen LogP) is 2.01. The van der Waals surface area contributed by atoms with E-state index in [9.17, 15) is 4.79 Å². The molecule has 0 fully saturated rings. The lowest BCUT2D eigenvalue weighted by atomic mass is 10.2. The van der Waals surface area contributed by atoms with Gasteiger partial charge in [-0.05, 0) is 25.5 Å². The summed E-state index contributed by atoms with van der Waals surface area (Å²) in [4.78, 5) is 15.7. The lowest BCUT2D eigenvalue weighted by Gasteiger charge is -2.07. The van der Waals surface area contributed by atoms with Crippen LogP contribution in [0.1, 0.15) is 29.9 Å². The molecular weight excluding hydrogens is 230 g/mol. The Balaban J connectivity index is 2.42. The minimum Gasteiger partial charge on any atom is -0.462 e. The Hall–Kier alpha value is -2.17. The molecule has 0 unspecified atom stereocenters. The van der Waals surface area contributed by atoms with Crippen LogP contribution in [0.4, 0.5) is 0 Å². The van der Waals surface area contributed by atoms with Crippen molar-refractivity contribution in [1.82, 2.24) is 14.8 Å². The first kappa shape index (κ1) is 12.3. The normalized spacial score (nSPS) is 10.3. The third-order valence-electron chi connectivity index (χ3n) is 2.61. The number of esters is 1. The molecule has 2 heterocycles. The lowest BCUT2D eigenvalue weighted by molar-refractivity contribution is 0.0525. The summed E-state index contributed by atoms with van der Waals surface area (Å²) < 4.78 is 6.76. The summed E-state index contributed by atoms with van der Waals surface area (Å²) >= 11 is 0. The molecule has 0 saturated heterocycles. The standard InChI is InChI=1S/C13H15N3O2/c1-3-12-11(13(17)18-4-2)9-15-16(12)10-5-7-14-8-6-10/h5-9H,3-4H2,1-2H3. The molecule has 0 aromatic carbocycles. The molecule has 0 amide bonds. The van der Waals surface area contributed by atoms with E-state index in [0.29, 0.717) is 18.6 Å². The molecule has 2 aromatic heterocycles. The Labute approximate surface area is 105 Å². The highest BCUT2D eigenvalue weighted by atomic mass is 16.5. The quantitative estimate of drug-likeness (QED) is 0.773. The molecule has 5 heteroatoms. The van der Waals surface area contributed by atoms with Crippen LogP contribution in [0.3, 0.4) is 0 Å². The molecule has 0 atom stereocenters. The third-order valence-corrected chi connectivity index (χ3v) is 2.61. The molecule has 2 aromatic rings. The molecule has 0 saturated carbocycles. The molecule has 0 aliphatic heterocycles. The Kier molecular flexibility index (Phi) is 3.72. The average molecular weight is 245 g/mol. The van der Waals surface area contributed by atoms with Gasteiger partial charge in [-0.2, -0.15) is 5.10 Å². The van der Waals surface area contributed by atoms with Gasteiger partial charge in [0, 0.05) is 12.4 Å². The molecule has 18 heavy (non-hydrogen) atoms. The first-order chi connectivity index (χ1) is 8.77. The topological polar surface area (TPSA) is 57.0 Å². The molecule has 0 N–H and O–H groups in total. The van der Waals surface area contributed by atoms with Crippen LogP contribution in [0.25, 0.3) is 5.69 Å². The van der Waals surface area contributed by atoms with E-state index in [-0.39, 0.29) is 5.97 Å². The summed E-state index contributed by atoms with van der Waals surface area (Å²) in [6.45, 7) is 4.14. The Morgan fingerprint density at radius 1 is 1.33 bits per heavy atom. The van der Waals surface area contributed by atoms with Crippen LogP contribution in [0, 0.1) is 0 Å². The van der Waals surface area contributed by atoms with Gasteiger partial charge in [0.15, 0.2) is 0 Å². The highest BCUT2D eigenvalue weighted by molar-refractivity contribution is 5.90. The summed E-state index contributed by atoms with van der Waals surface area (Å²) in [5.41, 5.74) is 2.26. The second-order valence-corrected chi connectivity index (χ2v) is 3.70. The van der Waals surface area contributed by atoms with Crippen molar-refractivity contribution in [2.45, 2.75) is 20.3 Å². The zero-order chi connectivity index (χ0) is 13.0. The minimum atomic E-state index is -0.324. The number of hydrogen-bond donors (Lipinski definition) is 0. The molecule has 0 aliphatic rings. The average Bonchev–Trinajstić information content (AvgIpc) is 2.83. The second kappa shape index (κ2) is 5.44. The van der Waals surface area contributed by atoms with Crippen molar-refractivity contribution in [3.8, 4) is 5.69 Å². The van der Waals surface area contributed by atoms with Gasteiger partial charge in [-0.25, -0.2) is 9.48 Å². The molecule has 2 rings (SSSR count). The van der Waals surface area contributed by atoms with Gasteiger partial charge in [0.25, 0.3) is 0 Å². The Bertz CT molecular complexity index is 534. The van der Waals surface area contributed by atoms with E-state index in [4.69, 9.17) is 4.74 Å². The second-order valence-electron chi connectivity index (χ2n) is 3.70. The molecular formula is C13H15N3O2. The van der Waals surface area contributed by atoms with E-state index in [0.717, 1.165) is 11.4 Å². The van der Waals surface area contributed by atoms with Gasteiger partial charge < -0.3 is 4.74 Å². The van der Waals surface area contributed by atoms with Crippen molar-refractivity contribution in [2.24, 2.45) is 0 Å². The van der Waals surface area contributed by atoms with Crippen molar-refractivity contribution < 1.29 is 9.53 Å². The number of pyridine rings is 1. The van der Waals surface area contributed by atoms with E-state index in [1.54, 1.807) is 30.2 Å². The number of carbonyl (C=O) groups is 1. The summed E-state index contributed by atoms with van der Waals surface area (Å²) in [7, 11) is 0. The van der Waals surface area contributed by atoms with Crippen LogP contribution >= 0.6 is 0 Å². The van der Waals surface area contributed by atoms with Crippen molar-refractivity contribution in [1.29, 1.82) is 0 Å². The number of hydrogen-bond acceptors (Lipinski definition) is 4. The van der Waals surface area contributed by atoms with Crippen LogP contribution in [-0.4, -0.2) is 27.3 Å². The minimum absolute atomic E-state index is 0.324. The maximum atomic E-state index is 11.8. The molecule has 0 radical (unpaired) electrons. The number of aromatic nitrogens is 3. The maximum Gasteiger partial charge on any atom is 0.341 e. The zero-order valence-electron chi connectivity index (χ0n) is 10.5. The molecule has 0 aliphatic carbocycles. The van der Waals surface area contributed by atoms with Crippen molar-refractivity contribution in [3.63, 3.8) is 0 Å². The fourth-order valence-corrected chi connectivity index (χ4v) is 1.80. The van der Waals surface area contributed by atoms with Crippen LogP contribution in [-0.2, 0) is 11.2 Å². The van der Waals surface area contributed by atoms with Gasteiger partial charge in [0.05, 0.1) is 24.2 Å². The summed E-state index contributed by atoms with van der Waals surface area (Å²) in [5.74, 6) is -0.324. The summed E-state index contributed by atoms with van der Waals surface area (Å²) in [6.07, 6.45) is 5.65. The van der Waals surface area contributed by atoms with Crippen molar-refractivity contribution in [3.05, 3.63) is 42.0 Å². The van der Waals surface area contributed by atoms with Gasteiger partial charge in [0.2, 0.25) is 0 Å². The van der Waals surface area contributed by atoms with Crippen LogP contribution in [0.5, 0.6) is 0 Å². The zero-order valence-corrected chi connectivity index (χ0v) is 10.5. The first-order valence-electron chi connectivity index (χ1n) is 5.92. The van der Waals surface area contributed by atoms with Gasteiger partial charge in [-0.3, -0.25) is 4.98 Å². The first-order valence-corrected chi connectivity index (χ1v) is 5.92. The molecule has 0 bridgehead atoms. The van der Waals surface area contributed by atoms with Crippen molar-refractivity contribution >= 4 is 5.97 Å². The molecule has 0 spiro atoms. The SMILES string of the molecule is CCOC(=O)c1cnn(-c2ccncc2)c1CC. The summed E-state index contributed by atoms with van der Waals surface area (Å²) in [5, 5.41) is 4.25. The Morgan fingerprint density at radius 2 is 2.06 bits per heavy atom. The lowest BCUT2D eigenvalue weighted by Crippen LogP contribution is -2.09. The van der Waals surface area contributed by atoms with Gasteiger partial charge in [-0.15, -0.1) is 0 Å². The highest BCUT2D eigenvalue weighted by Crippen LogP contribution is 2.16. The van der Waals surface area contributed by atoms with Crippen LogP contribution in [0.2, 0.25) is 0 Å². The van der Waals surface area contributed by atoms with Crippen LogP contribution < -0.4 is 0 Å². The largest absolute Gasteiger partial charge is 0.462 e. The smallest absolute Gasteiger partial charge is 0.341 e. The number of rotatable bonds is 4. The van der Waals surface area contributed by atoms with Gasteiger partial charge in [0.1, 0.15) is 5.56 Å². The predicted molar refractivity (Wildman–Crippen MR) is 66.7 cm³/mol. The highest BCUT2D eigenvalue weighted by Gasteiger charge is 2.17. The van der Waals surface area contributed by atoms with E-state index >= 15 is 0 Å². The summed E-state index contributed by atoms with van der Waals surface area (Å²) in [6, 6.07) is 3.70. The van der Waals surface area contributed by atoms with E-state index < -0.39 is 0 Å². The number of ether oxygens (including phenoxy) is 1. The molecule has 5 nitrogen and oxygen atoms in total. The molecule has 94 valence electrons. The van der Waals surface area contributed by atoms with E-state index in [2.05, 4.69) is 10.1 Å². The monoisotopic (exact) mass is 245 g/mol. The maximum absolute atomic E-state index is 11.8. The van der Waals surface area contributed by atoms with E-state index in [1.165, 1.54) is 0 Å².